The number of benzene rings is 2. The molecule has 1 aliphatic rings. The molecule has 0 unspecified atom stereocenters. The zero-order valence-electron chi connectivity index (χ0n) is 16.4. The summed E-state index contributed by atoms with van der Waals surface area (Å²) in [5.41, 5.74) is 2.10. The molecule has 5 heteroatoms. The molecule has 0 amide bonds. The van der Waals surface area contributed by atoms with Crippen LogP contribution in [0.4, 0.5) is 5.69 Å². The fourth-order valence-electron chi connectivity index (χ4n) is 3.34. The van der Waals surface area contributed by atoms with E-state index in [4.69, 9.17) is 4.74 Å². The lowest BCUT2D eigenvalue weighted by atomic mass is 9.99. The summed E-state index contributed by atoms with van der Waals surface area (Å²) in [5, 5.41) is 10.7. The molecular formula is C23H28N2O3. The molecule has 3 rings (SSSR count). The third kappa shape index (κ3) is 6.20. The van der Waals surface area contributed by atoms with Gasteiger partial charge in [-0.25, -0.2) is 0 Å². The second-order valence-electron chi connectivity index (χ2n) is 7.48. The molecule has 0 aliphatic carbocycles. The smallest absolute Gasteiger partial charge is 0.269 e. The summed E-state index contributed by atoms with van der Waals surface area (Å²) in [6.45, 7) is 6.63. The van der Waals surface area contributed by atoms with Crippen molar-refractivity contribution in [2.24, 2.45) is 5.92 Å². The Bertz CT molecular complexity index is 776. The van der Waals surface area contributed by atoms with Gasteiger partial charge in [-0.15, -0.1) is 0 Å². The Morgan fingerprint density at radius 3 is 2.18 bits per heavy atom. The molecule has 0 bridgehead atoms. The zero-order valence-corrected chi connectivity index (χ0v) is 16.4. The monoisotopic (exact) mass is 380 g/mol. The van der Waals surface area contributed by atoms with E-state index in [1.54, 1.807) is 12.1 Å². The SMILES string of the molecule is CC1CCN(CCCOc2ccc(/C=C/c3ccc([N+](=O)[O-])cc3)cc2)CC1. The Morgan fingerprint density at radius 2 is 1.61 bits per heavy atom. The molecule has 1 saturated heterocycles. The van der Waals surface area contributed by atoms with Crippen molar-refractivity contribution in [2.75, 3.05) is 26.2 Å². The summed E-state index contributed by atoms with van der Waals surface area (Å²) in [7, 11) is 0. The normalized spacial score (nSPS) is 15.8. The van der Waals surface area contributed by atoms with Gasteiger partial charge in [0.2, 0.25) is 0 Å². The van der Waals surface area contributed by atoms with Gasteiger partial charge in [-0.2, -0.15) is 0 Å². The molecule has 28 heavy (non-hydrogen) atoms. The van der Waals surface area contributed by atoms with Crippen LogP contribution in [0.2, 0.25) is 0 Å². The van der Waals surface area contributed by atoms with Crippen LogP contribution in [0.1, 0.15) is 37.3 Å². The van der Waals surface area contributed by atoms with Gasteiger partial charge in [-0.3, -0.25) is 10.1 Å². The van der Waals surface area contributed by atoms with Crippen LogP contribution in [-0.2, 0) is 0 Å². The zero-order chi connectivity index (χ0) is 19.8. The molecule has 0 saturated carbocycles. The highest BCUT2D eigenvalue weighted by atomic mass is 16.6. The highest BCUT2D eigenvalue weighted by Gasteiger charge is 2.14. The van der Waals surface area contributed by atoms with E-state index in [0.717, 1.165) is 42.4 Å². The standard InChI is InChI=1S/C23H28N2O3/c1-19-13-16-24(17-14-19)15-2-18-28-23-11-7-21(8-12-23)4-3-20-5-9-22(10-6-20)25(26)27/h3-12,19H,2,13-18H2,1H3/b4-3+. The molecule has 1 heterocycles. The summed E-state index contributed by atoms with van der Waals surface area (Å²) >= 11 is 0. The molecule has 1 fully saturated rings. The van der Waals surface area contributed by atoms with Gasteiger partial charge in [0.15, 0.2) is 0 Å². The van der Waals surface area contributed by atoms with Gasteiger partial charge in [0, 0.05) is 18.7 Å². The minimum atomic E-state index is -0.390. The van der Waals surface area contributed by atoms with Crippen molar-refractivity contribution in [1.82, 2.24) is 4.90 Å². The number of nitrogens with zero attached hydrogens (tertiary/aromatic N) is 2. The van der Waals surface area contributed by atoms with Crippen molar-refractivity contribution >= 4 is 17.8 Å². The maximum absolute atomic E-state index is 10.7. The van der Waals surface area contributed by atoms with E-state index in [9.17, 15) is 10.1 Å². The minimum Gasteiger partial charge on any atom is -0.494 e. The average molecular weight is 380 g/mol. The summed E-state index contributed by atoms with van der Waals surface area (Å²) in [6.07, 6.45) is 7.61. The van der Waals surface area contributed by atoms with Gasteiger partial charge in [-0.1, -0.05) is 31.2 Å². The number of piperidine rings is 1. The second-order valence-corrected chi connectivity index (χ2v) is 7.48. The van der Waals surface area contributed by atoms with Gasteiger partial charge in [0.1, 0.15) is 5.75 Å². The lowest BCUT2D eigenvalue weighted by molar-refractivity contribution is -0.384. The van der Waals surface area contributed by atoms with Crippen LogP contribution in [0.25, 0.3) is 12.2 Å². The average Bonchev–Trinajstić information content (AvgIpc) is 2.72. The third-order valence-corrected chi connectivity index (χ3v) is 5.22. The number of nitro benzene ring substituents is 1. The van der Waals surface area contributed by atoms with E-state index in [1.807, 2.05) is 36.4 Å². The highest BCUT2D eigenvalue weighted by Crippen LogP contribution is 2.18. The Hall–Kier alpha value is -2.66. The molecule has 5 nitrogen and oxygen atoms in total. The first-order valence-corrected chi connectivity index (χ1v) is 9.98. The third-order valence-electron chi connectivity index (χ3n) is 5.22. The quantitative estimate of drug-likeness (QED) is 0.271. The van der Waals surface area contributed by atoms with Crippen LogP contribution in [0.5, 0.6) is 5.75 Å². The number of hydrogen-bond acceptors (Lipinski definition) is 4. The van der Waals surface area contributed by atoms with Crippen molar-refractivity contribution in [2.45, 2.75) is 26.2 Å². The maximum Gasteiger partial charge on any atom is 0.269 e. The summed E-state index contributed by atoms with van der Waals surface area (Å²) in [6, 6.07) is 14.5. The lowest BCUT2D eigenvalue weighted by Crippen LogP contribution is -2.34. The first-order chi connectivity index (χ1) is 13.6. The number of non-ortho nitro benzene ring substituents is 1. The molecule has 0 radical (unpaired) electrons. The number of ether oxygens (including phenoxy) is 1. The topological polar surface area (TPSA) is 55.6 Å². The summed E-state index contributed by atoms with van der Waals surface area (Å²) < 4.78 is 5.86. The van der Waals surface area contributed by atoms with E-state index >= 15 is 0 Å². The van der Waals surface area contributed by atoms with Gasteiger partial charge in [-0.05, 0) is 73.7 Å². The van der Waals surface area contributed by atoms with E-state index in [0.29, 0.717) is 0 Å². The fourth-order valence-corrected chi connectivity index (χ4v) is 3.34. The minimum absolute atomic E-state index is 0.105. The van der Waals surface area contributed by atoms with Crippen LogP contribution in [0.15, 0.2) is 48.5 Å². The lowest BCUT2D eigenvalue weighted by Gasteiger charge is -2.30. The van der Waals surface area contributed by atoms with Crippen LogP contribution in [-0.4, -0.2) is 36.1 Å². The maximum atomic E-state index is 10.7. The molecule has 0 spiro atoms. The second kappa shape index (κ2) is 10.0. The highest BCUT2D eigenvalue weighted by molar-refractivity contribution is 5.70. The van der Waals surface area contributed by atoms with Crippen molar-refractivity contribution in [3.63, 3.8) is 0 Å². The van der Waals surface area contributed by atoms with Crippen LogP contribution in [0, 0.1) is 16.0 Å². The molecular weight excluding hydrogens is 352 g/mol. The molecule has 2 aromatic carbocycles. The Labute approximate surface area is 166 Å². The Morgan fingerprint density at radius 1 is 1.04 bits per heavy atom. The van der Waals surface area contributed by atoms with Crippen LogP contribution in [0.3, 0.4) is 0 Å². The van der Waals surface area contributed by atoms with Gasteiger partial charge in [0.05, 0.1) is 11.5 Å². The van der Waals surface area contributed by atoms with Crippen molar-refractivity contribution < 1.29 is 9.66 Å². The first-order valence-electron chi connectivity index (χ1n) is 9.98. The van der Waals surface area contributed by atoms with Crippen molar-refractivity contribution in [3.05, 3.63) is 69.8 Å². The predicted molar refractivity (Wildman–Crippen MR) is 113 cm³/mol. The molecule has 0 N–H and O–H groups in total. The number of likely N-dealkylation sites (tertiary alicyclic amines) is 1. The van der Waals surface area contributed by atoms with E-state index in [1.165, 1.54) is 38.1 Å². The van der Waals surface area contributed by atoms with Gasteiger partial charge in [0.25, 0.3) is 5.69 Å². The van der Waals surface area contributed by atoms with Crippen molar-refractivity contribution in [3.8, 4) is 5.75 Å². The molecule has 148 valence electrons. The molecule has 0 aromatic heterocycles. The van der Waals surface area contributed by atoms with E-state index < -0.39 is 0 Å². The number of nitro groups is 1. The van der Waals surface area contributed by atoms with Gasteiger partial charge < -0.3 is 9.64 Å². The Balaban J connectivity index is 1.41. The largest absolute Gasteiger partial charge is 0.494 e. The van der Waals surface area contributed by atoms with E-state index in [2.05, 4.69) is 11.8 Å². The Kier molecular flexibility index (Phi) is 7.20. The summed E-state index contributed by atoms with van der Waals surface area (Å²) in [5.74, 6) is 1.76. The number of hydrogen-bond donors (Lipinski definition) is 0. The molecule has 2 aromatic rings. The van der Waals surface area contributed by atoms with Crippen LogP contribution >= 0.6 is 0 Å². The fraction of sp³-hybridized carbons (Fsp3) is 0.391. The summed E-state index contributed by atoms with van der Waals surface area (Å²) in [4.78, 5) is 12.8. The van der Waals surface area contributed by atoms with Crippen molar-refractivity contribution in [1.29, 1.82) is 0 Å². The first kappa shape index (κ1) is 20.1. The van der Waals surface area contributed by atoms with Gasteiger partial charge >= 0.3 is 0 Å². The molecule has 1 aliphatic heterocycles. The molecule has 0 atom stereocenters. The van der Waals surface area contributed by atoms with E-state index in [-0.39, 0.29) is 10.6 Å². The number of rotatable bonds is 8. The predicted octanol–water partition coefficient (Wildman–Crippen LogP) is 5.27. The van der Waals surface area contributed by atoms with Crippen LogP contribution < -0.4 is 4.74 Å².